The molecule has 0 aliphatic rings. The van der Waals surface area contributed by atoms with E-state index in [0.717, 1.165) is 26.0 Å². The van der Waals surface area contributed by atoms with Crippen LogP contribution in [0.3, 0.4) is 0 Å². The normalized spacial score (nSPS) is 13.3. The highest BCUT2D eigenvalue weighted by Gasteiger charge is 2.22. The summed E-state index contributed by atoms with van der Waals surface area (Å²) in [5.41, 5.74) is 1.60. The van der Waals surface area contributed by atoms with E-state index in [2.05, 4.69) is 56.4 Å². The first-order valence-electron chi connectivity index (χ1n) is 7.92. The Labute approximate surface area is 130 Å². The van der Waals surface area contributed by atoms with E-state index in [-0.39, 0.29) is 5.41 Å². The zero-order valence-electron chi connectivity index (χ0n) is 14.0. The van der Waals surface area contributed by atoms with Gasteiger partial charge in [0.05, 0.1) is 13.2 Å². The van der Waals surface area contributed by atoms with Crippen LogP contribution in [0.4, 0.5) is 0 Å². The second kappa shape index (κ2) is 9.93. The molecule has 0 fully saturated rings. The molecule has 1 unspecified atom stereocenters. The van der Waals surface area contributed by atoms with Crippen LogP contribution >= 0.6 is 0 Å². The van der Waals surface area contributed by atoms with Gasteiger partial charge in [0.1, 0.15) is 0 Å². The van der Waals surface area contributed by atoms with E-state index in [0.29, 0.717) is 19.3 Å². The van der Waals surface area contributed by atoms with Gasteiger partial charge in [-0.1, -0.05) is 44.2 Å². The number of hydrogen-bond acceptors (Lipinski definition) is 3. The van der Waals surface area contributed by atoms with Crippen LogP contribution in [-0.2, 0) is 14.9 Å². The fourth-order valence-corrected chi connectivity index (χ4v) is 2.61. The zero-order chi connectivity index (χ0) is 15.6. The van der Waals surface area contributed by atoms with Gasteiger partial charge in [-0.15, -0.1) is 0 Å². The largest absolute Gasteiger partial charge is 0.382 e. The highest BCUT2D eigenvalue weighted by Crippen LogP contribution is 2.27. The Balaban J connectivity index is 2.19. The monoisotopic (exact) mass is 293 g/mol. The number of rotatable bonds is 11. The molecule has 0 aromatic heterocycles. The highest BCUT2D eigenvalue weighted by molar-refractivity contribution is 5.23. The number of benzene rings is 1. The number of ether oxygens (including phenoxy) is 2. The lowest BCUT2D eigenvalue weighted by Gasteiger charge is -2.29. The minimum absolute atomic E-state index is 0.197. The predicted octanol–water partition coefficient (Wildman–Crippen LogP) is 3.39. The van der Waals surface area contributed by atoms with E-state index in [1.165, 1.54) is 5.56 Å². The Hall–Kier alpha value is -0.900. The van der Waals surface area contributed by atoms with Crippen molar-refractivity contribution in [2.45, 2.75) is 45.1 Å². The number of hydrogen-bond donors (Lipinski definition) is 1. The van der Waals surface area contributed by atoms with Crippen molar-refractivity contribution in [3.63, 3.8) is 0 Å². The third-order valence-electron chi connectivity index (χ3n) is 3.76. The van der Waals surface area contributed by atoms with Gasteiger partial charge in [0.15, 0.2) is 0 Å². The maximum absolute atomic E-state index is 5.46. The molecule has 1 rings (SSSR count). The van der Waals surface area contributed by atoms with Crippen LogP contribution < -0.4 is 5.32 Å². The van der Waals surface area contributed by atoms with Crippen LogP contribution in [0.1, 0.15) is 39.2 Å². The van der Waals surface area contributed by atoms with E-state index in [1.54, 1.807) is 7.11 Å². The third kappa shape index (κ3) is 7.60. The standard InChI is InChI=1S/C18H31NO2/c1-16(19-11-8-12-21-14-13-20-4)15-18(2,3)17-9-6-5-7-10-17/h5-7,9-10,16,19H,8,11-15H2,1-4H3. The van der Waals surface area contributed by atoms with Crippen LogP contribution in [0.2, 0.25) is 0 Å². The van der Waals surface area contributed by atoms with Crippen molar-refractivity contribution in [2.75, 3.05) is 33.5 Å². The zero-order valence-corrected chi connectivity index (χ0v) is 14.0. The third-order valence-corrected chi connectivity index (χ3v) is 3.76. The fourth-order valence-electron chi connectivity index (χ4n) is 2.61. The minimum Gasteiger partial charge on any atom is -0.382 e. The van der Waals surface area contributed by atoms with Crippen molar-refractivity contribution in [1.29, 1.82) is 0 Å². The summed E-state index contributed by atoms with van der Waals surface area (Å²) in [4.78, 5) is 0. The van der Waals surface area contributed by atoms with Crippen molar-refractivity contribution in [3.05, 3.63) is 35.9 Å². The van der Waals surface area contributed by atoms with Crippen LogP contribution in [-0.4, -0.2) is 39.5 Å². The van der Waals surface area contributed by atoms with Gasteiger partial charge in [0.25, 0.3) is 0 Å². The molecule has 1 aromatic carbocycles. The van der Waals surface area contributed by atoms with Gasteiger partial charge in [-0.25, -0.2) is 0 Å². The Morgan fingerprint density at radius 2 is 1.81 bits per heavy atom. The molecule has 120 valence electrons. The summed E-state index contributed by atoms with van der Waals surface area (Å²) in [5, 5.41) is 3.59. The van der Waals surface area contributed by atoms with Crippen molar-refractivity contribution < 1.29 is 9.47 Å². The Bertz CT molecular complexity index is 365. The average Bonchev–Trinajstić information content (AvgIpc) is 2.47. The van der Waals surface area contributed by atoms with Gasteiger partial charge < -0.3 is 14.8 Å². The molecule has 21 heavy (non-hydrogen) atoms. The quantitative estimate of drug-likeness (QED) is 0.634. The maximum Gasteiger partial charge on any atom is 0.0700 e. The minimum atomic E-state index is 0.197. The molecule has 0 amide bonds. The molecule has 0 spiro atoms. The maximum atomic E-state index is 5.46. The van der Waals surface area contributed by atoms with Crippen LogP contribution in [0.5, 0.6) is 0 Å². The molecular weight excluding hydrogens is 262 g/mol. The second-order valence-electron chi connectivity index (χ2n) is 6.27. The molecule has 0 heterocycles. The van der Waals surface area contributed by atoms with Crippen LogP contribution in [0.25, 0.3) is 0 Å². The fraction of sp³-hybridized carbons (Fsp3) is 0.667. The first kappa shape index (κ1) is 18.1. The summed E-state index contributed by atoms with van der Waals surface area (Å²) in [7, 11) is 1.70. The van der Waals surface area contributed by atoms with Gasteiger partial charge >= 0.3 is 0 Å². The van der Waals surface area contributed by atoms with Crippen molar-refractivity contribution in [3.8, 4) is 0 Å². The molecule has 0 saturated heterocycles. The Morgan fingerprint density at radius 3 is 2.48 bits per heavy atom. The summed E-state index contributed by atoms with van der Waals surface area (Å²) in [5.74, 6) is 0. The van der Waals surface area contributed by atoms with Crippen molar-refractivity contribution in [2.24, 2.45) is 0 Å². The second-order valence-corrected chi connectivity index (χ2v) is 6.27. The number of methoxy groups -OCH3 is 1. The van der Waals surface area contributed by atoms with Crippen molar-refractivity contribution in [1.82, 2.24) is 5.32 Å². The van der Waals surface area contributed by atoms with E-state index in [4.69, 9.17) is 9.47 Å². The van der Waals surface area contributed by atoms with Crippen LogP contribution in [0.15, 0.2) is 30.3 Å². The smallest absolute Gasteiger partial charge is 0.0700 e. The Kier molecular flexibility index (Phi) is 8.58. The predicted molar refractivity (Wildman–Crippen MR) is 88.9 cm³/mol. The molecule has 0 bridgehead atoms. The Morgan fingerprint density at radius 1 is 1.10 bits per heavy atom. The lowest BCUT2D eigenvalue weighted by atomic mass is 9.79. The molecule has 1 aromatic rings. The van der Waals surface area contributed by atoms with E-state index >= 15 is 0 Å². The molecule has 1 atom stereocenters. The van der Waals surface area contributed by atoms with Crippen molar-refractivity contribution >= 4 is 0 Å². The highest BCUT2D eigenvalue weighted by atomic mass is 16.5. The lowest BCUT2D eigenvalue weighted by Crippen LogP contribution is -2.34. The van der Waals surface area contributed by atoms with Gasteiger partial charge in [0.2, 0.25) is 0 Å². The molecule has 0 aliphatic heterocycles. The molecular formula is C18H31NO2. The van der Waals surface area contributed by atoms with E-state index in [9.17, 15) is 0 Å². The first-order valence-corrected chi connectivity index (χ1v) is 7.92. The SMILES string of the molecule is COCCOCCCNC(C)CC(C)(C)c1ccccc1. The summed E-state index contributed by atoms with van der Waals surface area (Å²) >= 11 is 0. The molecule has 3 heteroatoms. The first-order chi connectivity index (χ1) is 10.1. The summed E-state index contributed by atoms with van der Waals surface area (Å²) in [6.07, 6.45) is 2.17. The summed E-state index contributed by atoms with van der Waals surface area (Å²) in [6, 6.07) is 11.2. The molecule has 0 radical (unpaired) electrons. The van der Waals surface area contributed by atoms with Gasteiger partial charge in [-0.3, -0.25) is 0 Å². The van der Waals surface area contributed by atoms with Gasteiger partial charge in [0, 0.05) is 19.8 Å². The molecule has 1 N–H and O–H groups in total. The summed E-state index contributed by atoms with van der Waals surface area (Å²) < 4.78 is 10.4. The molecule has 0 saturated carbocycles. The topological polar surface area (TPSA) is 30.5 Å². The van der Waals surface area contributed by atoms with Crippen LogP contribution in [0, 0.1) is 0 Å². The molecule has 0 aliphatic carbocycles. The lowest BCUT2D eigenvalue weighted by molar-refractivity contribution is 0.0692. The molecule has 3 nitrogen and oxygen atoms in total. The van der Waals surface area contributed by atoms with Gasteiger partial charge in [-0.05, 0) is 37.3 Å². The average molecular weight is 293 g/mol. The summed E-state index contributed by atoms with van der Waals surface area (Å²) in [6.45, 7) is 10.0. The van der Waals surface area contributed by atoms with E-state index < -0.39 is 0 Å². The van der Waals surface area contributed by atoms with Gasteiger partial charge in [-0.2, -0.15) is 0 Å². The number of nitrogens with one attached hydrogen (secondary N) is 1. The van der Waals surface area contributed by atoms with E-state index in [1.807, 2.05) is 0 Å².